The second-order valence-corrected chi connectivity index (χ2v) is 5.07. The number of anilines is 1. The van der Waals surface area contributed by atoms with Crippen LogP contribution in [0.5, 0.6) is 11.5 Å². The van der Waals surface area contributed by atoms with E-state index in [1.54, 1.807) is 0 Å². The van der Waals surface area contributed by atoms with E-state index in [-0.39, 0.29) is 0 Å². The average Bonchev–Trinajstić information content (AvgIpc) is 2.48. The van der Waals surface area contributed by atoms with Crippen LogP contribution in [0, 0.1) is 13.8 Å². The molecule has 3 rings (SSSR count). The molecule has 0 unspecified atom stereocenters. The van der Waals surface area contributed by atoms with Crippen LogP contribution in [0.2, 0.25) is 0 Å². The second kappa shape index (κ2) is 5.45. The van der Waals surface area contributed by atoms with Gasteiger partial charge < -0.3 is 14.8 Å². The van der Waals surface area contributed by atoms with Gasteiger partial charge in [0.15, 0.2) is 11.5 Å². The maximum Gasteiger partial charge on any atom is 0.163 e. The molecule has 0 atom stereocenters. The van der Waals surface area contributed by atoms with Crippen LogP contribution in [0.25, 0.3) is 0 Å². The minimum absolute atomic E-state index is 0.618. The minimum atomic E-state index is 0.618. The summed E-state index contributed by atoms with van der Waals surface area (Å²) in [6, 6.07) is 12.4. The Labute approximate surface area is 119 Å². The summed E-state index contributed by atoms with van der Waals surface area (Å²) in [6.45, 7) is 6.36. The highest BCUT2D eigenvalue weighted by atomic mass is 16.6. The van der Waals surface area contributed by atoms with E-state index in [4.69, 9.17) is 9.47 Å². The van der Waals surface area contributed by atoms with Gasteiger partial charge in [0.25, 0.3) is 0 Å². The molecule has 0 fully saturated rings. The van der Waals surface area contributed by atoms with Gasteiger partial charge in [-0.25, -0.2) is 0 Å². The second-order valence-electron chi connectivity index (χ2n) is 5.07. The predicted octanol–water partition coefficient (Wildman–Crippen LogP) is 3.69. The first kappa shape index (κ1) is 12.9. The Hall–Kier alpha value is -2.16. The Morgan fingerprint density at radius 2 is 1.80 bits per heavy atom. The van der Waals surface area contributed by atoms with Crippen molar-refractivity contribution >= 4 is 5.69 Å². The van der Waals surface area contributed by atoms with Gasteiger partial charge in [0.2, 0.25) is 0 Å². The summed E-state index contributed by atoms with van der Waals surface area (Å²) >= 11 is 0. The van der Waals surface area contributed by atoms with Crippen molar-refractivity contribution in [3.63, 3.8) is 0 Å². The van der Waals surface area contributed by atoms with Crippen molar-refractivity contribution < 1.29 is 9.47 Å². The molecular formula is C17H19NO2. The van der Waals surface area contributed by atoms with Crippen molar-refractivity contribution in [2.24, 2.45) is 0 Å². The summed E-state index contributed by atoms with van der Waals surface area (Å²) in [5.74, 6) is 1.65. The molecule has 20 heavy (non-hydrogen) atoms. The Kier molecular flexibility index (Phi) is 3.50. The lowest BCUT2D eigenvalue weighted by atomic mass is 10.0. The zero-order valence-electron chi connectivity index (χ0n) is 11.9. The monoisotopic (exact) mass is 269 g/mol. The van der Waals surface area contributed by atoms with Crippen LogP contribution in [-0.2, 0) is 6.54 Å². The molecule has 0 spiro atoms. The molecule has 1 aliphatic rings. The predicted molar refractivity (Wildman–Crippen MR) is 80.7 cm³/mol. The molecule has 2 aromatic rings. The van der Waals surface area contributed by atoms with Gasteiger partial charge in [-0.15, -0.1) is 0 Å². The molecule has 0 aromatic heterocycles. The number of benzene rings is 2. The maximum absolute atomic E-state index is 5.59. The van der Waals surface area contributed by atoms with Crippen LogP contribution >= 0.6 is 0 Å². The standard InChI is InChI=1S/C17H19NO2/c1-12-4-3-5-14(13(12)2)11-18-15-6-7-16-17(10-15)20-9-8-19-16/h3-7,10,18H,8-9,11H2,1-2H3. The van der Waals surface area contributed by atoms with Crippen molar-refractivity contribution in [3.05, 3.63) is 53.1 Å². The normalized spacial score (nSPS) is 13.1. The number of fused-ring (bicyclic) bond motifs is 1. The highest BCUT2D eigenvalue weighted by molar-refractivity contribution is 5.55. The summed E-state index contributed by atoms with van der Waals surface area (Å²) in [7, 11) is 0. The van der Waals surface area contributed by atoms with Crippen LogP contribution in [0.15, 0.2) is 36.4 Å². The lowest BCUT2D eigenvalue weighted by Crippen LogP contribution is -2.15. The summed E-state index contributed by atoms with van der Waals surface area (Å²) < 4.78 is 11.1. The van der Waals surface area contributed by atoms with E-state index in [2.05, 4.69) is 37.4 Å². The topological polar surface area (TPSA) is 30.5 Å². The third-order valence-corrected chi connectivity index (χ3v) is 3.74. The Bertz CT molecular complexity index is 622. The molecule has 0 bridgehead atoms. The van der Waals surface area contributed by atoms with Crippen molar-refractivity contribution in [2.75, 3.05) is 18.5 Å². The van der Waals surface area contributed by atoms with E-state index in [9.17, 15) is 0 Å². The Morgan fingerprint density at radius 3 is 2.65 bits per heavy atom. The van der Waals surface area contributed by atoms with Gasteiger partial charge >= 0.3 is 0 Å². The van der Waals surface area contributed by atoms with Gasteiger partial charge in [0.05, 0.1) is 0 Å². The fourth-order valence-electron chi connectivity index (χ4n) is 2.35. The van der Waals surface area contributed by atoms with E-state index in [1.165, 1.54) is 16.7 Å². The van der Waals surface area contributed by atoms with Gasteiger partial charge in [-0.2, -0.15) is 0 Å². The first-order valence-electron chi connectivity index (χ1n) is 6.92. The first-order chi connectivity index (χ1) is 9.74. The summed E-state index contributed by atoms with van der Waals surface area (Å²) in [4.78, 5) is 0. The largest absolute Gasteiger partial charge is 0.486 e. The molecule has 0 amide bonds. The third kappa shape index (κ3) is 2.57. The fourth-order valence-corrected chi connectivity index (χ4v) is 2.35. The molecule has 0 saturated carbocycles. The van der Waals surface area contributed by atoms with E-state index in [0.717, 1.165) is 23.7 Å². The smallest absolute Gasteiger partial charge is 0.163 e. The molecule has 3 heteroatoms. The average molecular weight is 269 g/mol. The SMILES string of the molecule is Cc1cccc(CNc2ccc3c(c2)OCCO3)c1C. The van der Waals surface area contributed by atoms with Gasteiger partial charge in [-0.3, -0.25) is 0 Å². The lowest BCUT2D eigenvalue weighted by Gasteiger charge is -2.19. The molecule has 0 aliphatic carbocycles. The maximum atomic E-state index is 5.59. The first-order valence-corrected chi connectivity index (χ1v) is 6.92. The summed E-state index contributed by atoms with van der Waals surface area (Å²) in [5, 5.41) is 3.44. The van der Waals surface area contributed by atoms with Crippen LogP contribution in [0.4, 0.5) is 5.69 Å². The summed E-state index contributed by atoms with van der Waals surface area (Å²) in [6.07, 6.45) is 0. The quantitative estimate of drug-likeness (QED) is 0.922. The van der Waals surface area contributed by atoms with Crippen molar-refractivity contribution in [3.8, 4) is 11.5 Å². The third-order valence-electron chi connectivity index (χ3n) is 3.74. The van der Waals surface area contributed by atoms with Crippen LogP contribution in [0.1, 0.15) is 16.7 Å². The minimum Gasteiger partial charge on any atom is -0.486 e. The number of rotatable bonds is 3. The number of hydrogen-bond acceptors (Lipinski definition) is 3. The fraction of sp³-hybridized carbons (Fsp3) is 0.294. The molecular weight excluding hydrogens is 250 g/mol. The van der Waals surface area contributed by atoms with Crippen molar-refractivity contribution in [2.45, 2.75) is 20.4 Å². The number of ether oxygens (including phenoxy) is 2. The van der Waals surface area contributed by atoms with Crippen molar-refractivity contribution in [1.82, 2.24) is 0 Å². The molecule has 104 valence electrons. The summed E-state index contributed by atoms with van der Waals surface area (Å²) in [5.41, 5.74) is 5.04. The molecule has 0 radical (unpaired) electrons. The van der Waals surface area contributed by atoms with Crippen LogP contribution in [-0.4, -0.2) is 13.2 Å². The zero-order valence-corrected chi connectivity index (χ0v) is 11.9. The van der Waals surface area contributed by atoms with E-state index in [1.807, 2.05) is 18.2 Å². The molecule has 1 N–H and O–H groups in total. The van der Waals surface area contributed by atoms with Crippen LogP contribution in [0.3, 0.4) is 0 Å². The molecule has 3 nitrogen and oxygen atoms in total. The van der Waals surface area contributed by atoms with E-state index >= 15 is 0 Å². The molecule has 0 saturated heterocycles. The zero-order chi connectivity index (χ0) is 13.9. The lowest BCUT2D eigenvalue weighted by molar-refractivity contribution is 0.171. The molecule has 1 aliphatic heterocycles. The van der Waals surface area contributed by atoms with E-state index in [0.29, 0.717) is 13.2 Å². The number of aryl methyl sites for hydroxylation is 1. The Morgan fingerprint density at radius 1 is 1.00 bits per heavy atom. The van der Waals surface area contributed by atoms with E-state index < -0.39 is 0 Å². The molecule has 2 aromatic carbocycles. The molecule has 1 heterocycles. The van der Waals surface area contributed by atoms with Crippen molar-refractivity contribution in [1.29, 1.82) is 0 Å². The van der Waals surface area contributed by atoms with Gasteiger partial charge in [0.1, 0.15) is 13.2 Å². The Balaban J connectivity index is 1.73. The number of hydrogen-bond donors (Lipinski definition) is 1. The van der Waals surface area contributed by atoms with Crippen LogP contribution < -0.4 is 14.8 Å². The van der Waals surface area contributed by atoms with Gasteiger partial charge in [-0.05, 0) is 42.7 Å². The highest BCUT2D eigenvalue weighted by Gasteiger charge is 2.11. The van der Waals surface area contributed by atoms with Gasteiger partial charge in [0, 0.05) is 18.3 Å². The van der Waals surface area contributed by atoms with Gasteiger partial charge in [-0.1, -0.05) is 18.2 Å². The highest BCUT2D eigenvalue weighted by Crippen LogP contribution is 2.32. The number of nitrogens with one attached hydrogen (secondary N) is 1.